The van der Waals surface area contributed by atoms with E-state index in [4.69, 9.17) is 11.5 Å². The van der Waals surface area contributed by atoms with E-state index in [1.54, 1.807) is 4.68 Å². The first-order valence-corrected chi connectivity index (χ1v) is 8.29. The van der Waals surface area contributed by atoms with Crippen molar-refractivity contribution in [2.45, 2.75) is 19.0 Å². The van der Waals surface area contributed by atoms with Crippen LogP contribution in [0.3, 0.4) is 0 Å². The van der Waals surface area contributed by atoms with Gasteiger partial charge in [0.05, 0.1) is 23.7 Å². The standard InChI is InChI=1S/C19H22N4O3/c1-22-17-8-5-13(11-20)9-15(17)18(24)23(22)14-6-3-12(4-7-14)10-16(21)19(25)26-2/h3-9,16H,10-11,20-21H2,1-2H3/t16-/m0/s1. The number of hydrogen-bond donors (Lipinski definition) is 2. The zero-order valence-electron chi connectivity index (χ0n) is 14.8. The van der Waals surface area contributed by atoms with Gasteiger partial charge in [-0.15, -0.1) is 0 Å². The SMILES string of the molecule is COC(=O)[C@@H](N)Cc1ccc(-n2c(=O)c3cc(CN)ccc3n2C)cc1. The van der Waals surface area contributed by atoms with Gasteiger partial charge in [-0.05, 0) is 41.8 Å². The van der Waals surface area contributed by atoms with E-state index in [0.29, 0.717) is 18.4 Å². The molecule has 0 amide bonds. The topological polar surface area (TPSA) is 105 Å². The van der Waals surface area contributed by atoms with Crippen molar-refractivity contribution < 1.29 is 9.53 Å². The number of aryl methyl sites for hydroxylation is 1. The molecule has 3 rings (SSSR count). The number of carbonyl (C=O) groups is 1. The summed E-state index contributed by atoms with van der Waals surface area (Å²) in [7, 11) is 3.15. The van der Waals surface area contributed by atoms with Crippen LogP contribution in [0.1, 0.15) is 11.1 Å². The third-order valence-electron chi connectivity index (χ3n) is 4.51. The number of rotatable bonds is 5. The Balaban J connectivity index is 1.97. The van der Waals surface area contributed by atoms with E-state index >= 15 is 0 Å². The Labute approximate surface area is 150 Å². The predicted molar refractivity (Wildman–Crippen MR) is 100 cm³/mol. The molecule has 0 saturated heterocycles. The molecule has 7 nitrogen and oxygen atoms in total. The molecule has 4 N–H and O–H groups in total. The zero-order valence-corrected chi connectivity index (χ0v) is 14.8. The maximum atomic E-state index is 12.8. The van der Waals surface area contributed by atoms with E-state index in [-0.39, 0.29) is 5.56 Å². The van der Waals surface area contributed by atoms with Gasteiger partial charge in [-0.2, -0.15) is 0 Å². The summed E-state index contributed by atoms with van der Waals surface area (Å²) in [5.41, 5.74) is 14.7. The lowest BCUT2D eigenvalue weighted by molar-refractivity contribution is -0.142. The Morgan fingerprint density at radius 3 is 2.42 bits per heavy atom. The fourth-order valence-electron chi connectivity index (χ4n) is 3.07. The molecule has 0 unspecified atom stereocenters. The van der Waals surface area contributed by atoms with Crippen LogP contribution in [0, 0.1) is 0 Å². The van der Waals surface area contributed by atoms with Crippen molar-refractivity contribution >= 4 is 16.9 Å². The largest absolute Gasteiger partial charge is 0.468 e. The number of carbonyl (C=O) groups excluding carboxylic acids is 1. The number of fused-ring (bicyclic) bond motifs is 1. The molecule has 2 aromatic carbocycles. The minimum absolute atomic E-state index is 0.100. The smallest absolute Gasteiger partial charge is 0.322 e. The highest BCUT2D eigenvalue weighted by Gasteiger charge is 2.15. The van der Waals surface area contributed by atoms with Gasteiger partial charge in [-0.1, -0.05) is 18.2 Å². The molecule has 26 heavy (non-hydrogen) atoms. The number of nitrogens with two attached hydrogens (primary N) is 2. The number of ether oxygens (including phenoxy) is 1. The van der Waals surface area contributed by atoms with Crippen LogP contribution >= 0.6 is 0 Å². The van der Waals surface area contributed by atoms with Crippen LogP contribution < -0.4 is 17.0 Å². The van der Waals surface area contributed by atoms with E-state index in [2.05, 4.69) is 4.74 Å². The Hall–Kier alpha value is -2.90. The number of aromatic nitrogens is 2. The molecule has 1 heterocycles. The minimum Gasteiger partial charge on any atom is -0.468 e. The van der Waals surface area contributed by atoms with Gasteiger partial charge < -0.3 is 16.2 Å². The van der Waals surface area contributed by atoms with Gasteiger partial charge in [0.2, 0.25) is 0 Å². The molecule has 136 valence electrons. The molecular weight excluding hydrogens is 332 g/mol. The summed E-state index contributed by atoms with van der Waals surface area (Å²) in [6.45, 7) is 0.388. The maximum Gasteiger partial charge on any atom is 0.322 e. The summed E-state index contributed by atoms with van der Waals surface area (Å²) >= 11 is 0. The van der Waals surface area contributed by atoms with Gasteiger partial charge in [0.25, 0.3) is 5.56 Å². The molecular formula is C19H22N4O3. The average Bonchev–Trinajstić information content (AvgIpc) is 2.91. The number of hydrogen-bond acceptors (Lipinski definition) is 5. The molecule has 3 aromatic rings. The lowest BCUT2D eigenvalue weighted by Crippen LogP contribution is -2.33. The highest BCUT2D eigenvalue weighted by Crippen LogP contribution is 2.17. The highest BCUT2D eigenvalue weighted by atomic mass is 16.5. The second-order valence-corrected chi connectivity index (χ2v) is 6.20. The zero-order chi connectivity index (χ0) is 18.8. The molecule has 0 aliphatic heterocycles. The van der Waals surface area contributed by atoms with Gasteiger partial charge in [0, 0.05) is 13.6 Å². The molecule has 0 bridgehead atoms. The molecule has 0 saturated carbocycles. The molecule has 1 atom stereocenters. The van der Waals surface area contributed by atoms with E-state index in [0.717, 1.165) is 22.3 Å². The van der Waals surface area contributed by atoms with Gasteiger partial charge in [-0.25, -0.2) is 4.68 Å². The van der Waals surface area contributed by atoms with Crippen molar-refractivity contribution in [3.63, 3.8) is 0 Å². The van der Waals surface area contributed by atoms with Crippen molar-refractivity contribution in [3.8, 4) is 5.69 Å². The van der Waals surface area contributed by atoms with Gasteiger partial charge in [-0.3, -0.25) is 14.3 Å². The van der Waals surface area contributed by atoms with Crippen molar-refractivity contribution in [3.05, 3.63) is 63.9 Å². The molecule has 1 aromatic heterocycles. The lowest BCUT2D eigenvalue weighted by Gasteiger charge is -2.11. The van der Waals surface area contributed by atoms with Crippen molar-refractivity contribution in [1.29, 1.82) is 0 Å². The molecule has 0 fully saturated rings. The summed E-state index contributed by atoms with van der Waals surface area (Å²) in [4.78, 5) is 24.3. The lowest BCUT2D eigenvalue weighted by atomic mass is 10.1. The van der Waals surface area contributed by atoms with E-state index in [1.807, 2.05) is 54.2 Å². The van der Waals surface area contributed by atoms with Crippen LogP contribution in [0.4, 0.5) is 0 Å². The Kier molecular flexibility index (Phi) is 4.92. The molecule has 0 aliphatic rings. The molecule has 0 radical (unpaired) electrons. The quantitative estimate of drug-likeness (QED) is 0.660. The minimum atomic E-state index is -0.708. The van der Waals surface area contributed by atoms with Crippen LogP contribution in [0.2, 0.25) is 0 Å². The van der Waals surface area contributed by atoms with Crippen LogP contribution in [-0.4, -0.2) is 28.5 Å². The summed E-state index contributed by atoms with van der Waals surface area (Å²) in [5.74, 6) is -0.449. The van der Waals surface area contributed by atoms with E-state index in [9.17, 15) is 9.59 Å². The van der Waals surface area contributed by atoms with Crippen LogP contribution in [-0.2, 0) is 29.5 Å². The summed E-state index contributed by atoms with van der Waals surface area (Å²) in [5, 5.41) is 0.632. The van der Waals surface area contributed by atoms with Crippen molar-refractivity contribution in [2.24, 2.45) is 18.5 Å². The number of esters is 1. The van der Waals surface area contributed by atoms with Gasteiger partial charge in [0.1, 0.15) is 6.04 Å². The average molecular weight is 354 g/mol. The second kappa shape index (κ2) is 7.15. The van der Waals surface area contributed by atoms with E-state index in [1.165, 1.54) is 7.11 Å². The van der Waals surface area contributed by atoms with Crippen LogP contribution in [0.15, 0.2) is 47.3 Å². The molecule has 7 heteroatoms. The number of methoxy groups -OCH3 is 1. The second-order valence-electron chi connectivity index (χ2n) is 6.20. The molecule has 0 spiro atoms. The van der Waals surface area contributed by atoms with Crippen molar-refractivity contribution in [1.82, 2.24) is 9.36 Å². The summed E-state index contributed by atoms with van der Waals surface area (Å²) in [6, 6.07) is 12.3. The fourth-order valence-corrected chi connectivity index (χ4v) is 3.07. The monoisotopic (exact) mass is 354 g/mol. The summed E-state index contributed by atoms with van der Waals surface area (Å²) < 4.78 is 8.06. The van der Waals surface area contributed by atoms with Gasteiger partial charge in [0.15, 0.2) is 0 Å². The third-order valence-corrected chi connectivity index (χ3v) is 4.51. The van der Waals surface area contributed by atoms with Gasteiger partial charge >= 0.3 is 5.97 Å². The number of nitrogens with zero attached hydrogens (tertiary/aromatic N) is 2. The third kappa shape index (κ3) is 3.14. The highest BCUT2D eigenvalue weighted by molar-refractivity contribution is 5.80. The van der Waals surface area contributed by atoms with Crippen LogP contribution in [0.5, 0.6) is 0 Å². The Morgan fingerprint density at radius 2 is 1.81 bits per heavy atom. The van der Waals surface area contributed by atoms with Crippen LogP contribution in [0.25, 0.3) is 16.6 Å². The van der Waals surface area contributed by atoms with E-state index < -0.39 is 12.0 Å². The normalized spacial score (nSPS) is 12.3. The Bertz CT molecular complexity index is 1000. The fraction of sp³-hybridized carbons (Fsp3) is 0.263. The first kappa shape index (κ1) is 17.9. The first-order chi connectivity index (χ1) is 12.5. The van der Waals surface area contributed by atoms with Crippen molar-refractivity contribution in [2.75, 3.05) is 7.11 Å². The molecule has 0 aliphatic carbocycles. The first-order valence-electron chi connectivity index (χ1n) is 8.29. The number of benzene rings is 2. The predicted octanol–water partition coefficient (Wildman–Crippen LogP) is 0.831. The maximum absolute atomic E-state index is 12.8. The summed E-state index contributed by atoms with van der Waals surface area (Å²) in [6.07, 6.45) is 0.372. The Morgan fingerprint density at radius 1 is 1.15 bits per heavy atom.